The van der Waals surface area contributed by atoms with Crippen LogP contribution in [0.15, 0.2) is 115 Å². The average Bonchev–Trinajstić information content (AvgIpc) is 3.74. The molecule has 2 heterocycles. The Morgan fingerprint density at radius 3 is 2.40 bits per heavy atom. The fourth-order valence-corrected chi connectivity index (χ4v) is 9.38. The van der Waals surface area contributed by atoms with Crippen LogP contribution >= 0.6 is 22.6 Å². The Morgan fingerprint density at radius 2 is 1.74 bits per heavy atom. The van der Waals surface area contributed by atoms with Crippen molar-refractivity contribution in [2.45, 2.75) is 156 Å². The number of furan rings is 2. The lowest BCUT2D eigenvalue weighted by atomic mass is 9.78. The molecule has 0 aliphatic heterocycles. The standard InChI is InChI=1S/C55H71IO2/c1-10-15-22-45(13-4)47(18-11-2)31-27-43-25-29-46(30-26-43)39(7)36-53-41(9)58-55-52(53)35-34-51-50(40(8)57-54(51)55)33-28-42(12-3)19-16-20-44-21-17-23-48(37-44)38(6)24-32-49(56)14-5/h1,12-13,16,19,21,24-25,27,31,34-35,37,39,46-47,49H,11,14-15,17-18,20,22-23,26,28-30,32-33,36H2,2-9H3/b19-16-,31-27+,38-24+,42-12+,45-13+/t39?,46-,47?,49+/m1/s1. The number of hydrogen-bond donors (Lipinski definition) is 0. The summed E-state index contributed by atoms with van der Waals surface area (Å²) in [5, 5.41) is 2.40. The molecule has 0 fully saturated rings. The normalized spacial score (nSPS) is 18.9. The van der Waals surface area contributed by atoms with Crippen LogP contribution in [-0.4, -0.2) is 3.92 Å². The lowest BCUT2D eigenvalue weighted by Gasteiger charge is -2.27. The van der Waals surface area contributed by atoms with Crippen molar-refractivity contribution in [2.75, 3.05) is 0 Å². The third-order valence-corrected chi connectivity index (χ3v) is 14.4. The molecule has 310 valence electrons. The van der Waals surface area contributed by atoms with Gasteiger partial charge in [0.1, 0.15) is 11.5 Å². The van der Waals surface area contributed by atoms with E-state index in [1.165, 1.54) is 81.0 Å². The second-order valence-electron chi connectivity index (χ2n) is 17.0. The third kappa shape index (κ3) is 12.1. The number of halogens is 1. The largest absolute Gasteiger partial charge is 0.457 e. The minimum atomic E-state index is 0.490. The van der Waals surface area contributed by atoms with E-state index < -0.39 is 0 Å². The van der Waals surface area contributed by atoms with Gasteiger partial charge in [-0.2, -0.15) is 0 Å². The topological polar surface area (TPSA) is 26.3 Å². The van der Waals surface area contributed by atoms with E-state index in [1.54, 1.807) is 0 Å². The van der Waals surface area contributed by atoms with Crippen LogP contribution in [0.2, 0.25) is 0 Å². The summed E-state index contributed by atoms with van der Waals surface area (Å²) in [5.41, 5.74) is 13.2. The van der Waals surface area contributed by atoms with Gasteiger partial charge in [-0.05, 0) is 159 Å². The molecule has 58 heavy (non-hydrogen) atoms. The van der Waals surface area contributed by atoms with E-state index in [0.717, 1.165) is 97.2 Å². The van der Waals surface area contributed by atoms with Crippen molar-refractivity contribution in [1.29, 1.82) is 0 Å². The summed E-state index contributed by atoms with van der Waals surface area (Å²) >= 11 is 2.57. The Morgan fingerprint density at radius 1 is 1.00 bits per heavy atom. The van der Waals surface area contributed by atoms with Crippen molar-refractivity contribution in [3.05, 3.63) is 129 Å². The van der Waals surface area contributed by atoms with Gasteiger partial charge in [0.05, 0.1) is 0 Å². The van der Waals surface area contributed by atoms with E-state index >= 15 is 0 Å². The first-order valence-electron chi connectivity index (χ1n) is 22.5. The van der Waals surface area contributed by atoms with Crippen LogP contribution < -0.4 is 0 Å². The lowest BCUT2D eigenvalue weighted by molar-refractivity contribution is 0.326. The number of allylic oxidation sites excluding steroid dienone is 16. The zero-order valence-corrected chi connectivity index (χ0v) is 39.3. The van der Waals surface area contributed by atoms with E-state index in [-0.39, 0.29) is 0 Å². The van der Waals surface area contributed by atoms with Crippen LogP contribution in [0.5, 0.6) is 0 Å². The summed E-state index contributed by atoms with van der Waals surface area (Å²) < 4.78 is 13.8. The summed E-state index contributed by atoms with van der Waals surface area (Å²) in [4.78, 5) is 0. The Kier molecular flexibility index (Phi) is 17.9. The molecule has 2 unspecified atom stereocenters. The van der Waals surface area contributed by atoms with Crippen LogP contribution in [0.4, 0.5) is 0 Å². The molecule has 3 aromatic rings. The van der Waals surface area contributed by atoms with Gasteiger partial charge in [-0.25, -0.2) is 0 Å². The molecule has 1 aromatic carbocycles. The monoisotopic (exact) mass is 890 g/mol. The van der Waals surface area contributed by atoms with Gasteiger partial charge in [-0.1, -0.05) is 133 Å². The number of benzene rings is 1. The second-order valence-corrected chi connectivity index (χ2v) is 18.8. The molecule has 0 saturated carbocycles. The van der Waals surface area contributed by atoms with E-state index in [4.69, 9.17) is 15.3 Å². The highest BCUT2D eigenvalue weighted by molar-refractivity contribution is 14.1. The van der Waals surface area contributed by atoms with Crippen molar-refractivity contribution in [2.24, 2.45) is 17.8 Å². The van der Waals surface area contributed by atoms with E-state index in [2.05, 4.69) is 157 Å². The first kappa shape index (κ1) is 45.6. The Bertz CT molecular complexity index is 2140. The maximum absolute atomic E-state index is 6.56. The highest BCUT2D eigenvalue weighted by Gasteiger charge is 2.25. The molecule has 4 atom stereocenters. The van der Waals surface area contributed by atoms with Gasteiger partial charge in [0.2, 0.25) is 0 Å². The molecule has 3 heteroatoms. The van der Waals surface area contributed by atoms with Gasteiger partial charge in [0, 0.05) is 32.2 Å². The SMILES string of the molecule is C#CCC/C(=C\C)C(/C=C/C1=CC[C@@H](C(C)Cc2c(C)oc3c2ccc2c(CCC(/C=C\CC4=CCCC(/C(C)=C/C[C@@H](I)CC)=C4)=C/C)c(C)oc23)CC1)CCC. The molecular weight excluding hydrogens is 820 g/mol. The average molecular weight is 891 g/mol. The predicted octanol–water partition coefficient (Wildman–Crippen LogP) is 17.1. The Balaban J connectivity index is 1.20. The van der Waals surface area contributed by atoms with Gasteiger partial charge in [0.15, 0.2) is 11.2 Å². The number of hydrogen-bond acceptors (Lipinski definition) is 2. The maximum atomic E-state index is 6.56. The first-order chi connectivity index (χ1) is 28.1. The second kappa shape index (κ2) is 22.8. The molecular formula is C55H71IO2. The fourth-order valence-electron chi connectivity index (χ4n) is 9.12. The van der Waals surface area contributed by atoms with Crippen molar-refractivity contribution < 1.29 is 8.83 Å². The minimum absolute atomic E-state index is 0.490. The molecule has 0 saturated heterocycles. The molecule has 0 spiro atoms. The molecule has 5 rings (SSSR count). The van der Waals surface area contributed by atoms with E-state index in [1.807, 2.05) is 0 Å². The first-order valence-corrected chi connectivity index (χ1v) is 23.8. The van der Waals surface area contributed by atoms with Crippen LogP contribution in [0.3, 0.4) is 0 Å². The number of alkyl halides is 1. The summed E-state index contributed by atoms with van der Waals surface area (Å²) in [6, 6.07) is 4.58. The fraction of sp³-hybridized carbons (Fsp3) is 0.491. The predicted molar refractivity (Wildman–Crippen MR) is 261 cm³/mol. The molecule has 2 aliphatic rings. The molecule has 0 bridgehead atoms. The van der Waals surface area contributed by atoms with Crippen molar-refractivity contribution >= 4 is 44.5 Å². The van der Waals surface area contributed by atoms with E-state index in [0.29, 0.717) is 17.8 Å². The zero-order chi connectivity index (χ0) is 41.6. The van der Waals surface area contributed by atoms with Crippen LogP contribution in [0.1, 0.15) is 148 Å². The smallest absolute Gasteiger partial charge is 0.177 e. The zero-order valence-electron chi connectivity index (χ0n) is 37.1. The summed E-state index contributed by atoms with van der Waals surface area (Å²) in [5.74, 6) is 6.58. The summed E-state index contributed by atoms with van der Waals surface area (Å²) in [6.45, 7) is 17.9. The van der Waals surface area contributed by atoms with Crippen molar-refractivity contribution in [3.63, 3.8) is 0 Å². The third-order valence-electron chi connectivity index (χ3n) is 13.0. The summed E-state index contributed by atoms with van der Waals surface area (Å²) in [7, 11) is 0. The quantitative estimate of drug-likeness (QED) is 0.0371. The van der Waals surface area contributed by atoms with Gasteiger partial charge in [-0.3, -0.25) is 0 Å². The van der Waals surface area contributed by atoms with E-state index in [9.17, 15) is 0 Å². The molecule has 2 nitrogen and oxygen atoms in total. The lowest BCUT2D eigenvalue weighted by Crippen LogP contribution is -2.17. The molecule has 0 amide bonds. The van der Waals surface area contributed by atoms with Gasteiger partial charge >= 0.3 is 0 Å². The molecule has 2 aliphatic carbocycles. The number of rotatable bonds is 20. The number of terminal acetylenes is 1. The van der Waals surface area contributed by atoms with Crippen molar-refractivity contribution in [3.8, 4) is 12.3 Å². The van der Waals surface area contributed by atoms with Crippen LogP contribution in [0, 0.1) is 43.9 Å². The summed E-state index contributed by atoms with van der Waals surface area (Å²) in [6.07, 6.45) is 45.8. The maximum Gasteiger partial charge on any atom is 0.177 e. The highest BCUT2D eigenvalue weighted by Crippen LogP contribution is 2.40. The van der Waals surface area contributed by atoms with Gasteiger partial charge in [-0.15, -0.1) is 12.3 Å². The minimum Gasteiger partial charge on any atom is -0.457 e. The van der Waals surface area contributed by atoms with Crippen molar-refractivity contribution in [1.82, 2.24) is 0 Å². The highest BCUT2D eigenvalue weighted by atomic mass is 127. The van der Waals surface area contributed by atoms with Crippen LogP contribution in [-0.2, 0) is 12.8 Å². The Labute approximate surface area is 366 Å². The number of aryl methyl sites for hydroxylation is 3. The Hall–Kier alpha value is -3.49. The molecule has 0 N–H and O–H groups in total. The molecule has 0 radical (unpaired) electrons. The van der Waals surface area contributed by atoms with Crippen LogP contribution in [0.25, 0.3) is 21.9 Å². The number of fused-ring (bicyclic) bond motifs is 3. The molecule has 2 aromatic heterocycles. The van der Waals surface area contributed by atoms with Gasteiger partial charge in [0.25, 0.3) is 0 Å². The van der Waals surface area contributed by atoms with Gasteiger partial charge < -0.3 is 8.83 Å².